The van der Waals surface area contributed by atoms with E-state index >= 15 is 0 Å². The molecule has 0 fully saturated rings. The maximum Gasteiger partial charge on any atom is 0.248 e. The third-order valence-corrected chi connectivity index (χ3v) is 3.05. The molecule has 2 aromatic rings. The number of carbonyl (C=O) groups is 1. The number of hydrogen-bond donors (Lipinski definition) is 2. The highest BCUT2D eigenvalue weighted by Gasteiger charge is 2.02. The van der Waals surface area contributed by atoms with Crippen LogP contribution in [-0.4, -0.2) is 12.5 Å². The lowest BCUT2D eigenvalue weighted by Crippen LogP contribution is -2.17. The van der Waals surface area contributed by atoms with Crippen molar-refractivity contribution < 1.29 is 13.6 Å². The summed E-state index contributed by atoms with van der Waals surface area (Å²) in [6, 6.07) is 10.5. The van der Waals surface area contributed by atoms with Gasteiger partial charge in [0.25, 0.3) is 0 Å². The number of nitrogens with two attached hydrogens (primary N) is 1. The van der Waals surface area contributed by atoms with E-state index in [2.05, 4.69) is 5.32 Å². The molecular formula is C16H16F2N2O. The average Bonchev–Trinajstić information content (AvgIpc) is 2.43. The molecule has 21 heavy (non-hydrogen) atoms. The first-order valence-corrected chi connectivity index (χ1v) is 6.59. The molecule has 3 N–H and O–H groups in total. The fourth-order valence-corrected chi connectivity index (χ4v) is 2.06. The Morgan fingerprint density at radius 1 is 1.05 bits per heavy atom. The van der Waals surface area contributed by atoms with Crippen molar-refractivity contribution in [2.75, 3.05) is 6.54 Å². The van der Waals surface area contributed by atoms with Gasteiger partial charge in [0.2, 0.25) is 5.91 Å². The summed E-state index contributed by atoms with van der Waals surface area (Å²) in [7, 11) is 0. The Hall–Kier alpha value is -2.27. The molecule has 1 amide bonds. The molecule has 0 radical (unpaired) electrons. The van der Waals surface area contributed by atoms with Crippen molar-refractivity contribution in [3.05, 3.63) is 70.8 Å². The van der Waals surface area contributed by atoms with Crippen molar-refractivity contribution in [2.45, 2.75) is 13.0 Å². The van der Waals surface area contributed by atoms with Crippen molar-refractivity contribution >= 4 is 5.91 Å². The highest BCUT2D eigenvalue weighted by atomic mass is 19.1. The molecule has 0 bridgehead atoms. The Morgan fingerprint density at radius 3 is 2.43 bits per heavy atom. The molecule has 0 saturated carbocycles. The lowest BCUT2D eigenvalue weighted by atomic mass is 10.1. The van der Waals surface area contributed by atoms with E-state index in [4.69, 9.17) is 5.73 Å². The molecule has 0 heterocycles. The molecular weight excluding hydrogens is 274 g/mol. The summed E-state index contributed by atoms with van der Waals surface area (Å²) >= 11 is 0. The standard InChI is InChI=1S/C16H16F2N2O/c17-14-7-11(8-15(18)9-14)4-5-20-10-12-2-1-3-13(6-12)16(19)21/h1-3,6-9,20H,4-5,10H2,(H2,19,21). The predicted octanol–water partition coefficient (Wildman–Crippen LogP) is 2.40. The summed E-state index contributed by atoms with van der Waals surface area (Å²) in [5.74, 6) is -1.61. The van der Waals surface area contributed by atoms with Crippen LogP contribution in [0.15, 0.2) is 42.5 Å². The number of nitrogens with one attached hydrogen (secondary N) is 1. The van der Waals surface area contributed by atoms with E-state index in [9.17, 15) is 13.6 Å². The van der Waals surface area contributed by atoms with Gasteiger partial charge in [0.1, 0.15) is 11.6 Å². The first kappa shape index (κ1) is 15.1. The number of amides is 1. The van der Waals surface area contributed by atoms with Crippen LogP contribution in [0.25, 0.3) is 0 Å². The largest absolute Gasteiger partial charge is 0.366 e. The summed E-state index contributed by atoms with van der Waals surface area (Å²) in [6.07, 6.45) is 0.518. The minimum Gasteiger partial charge on any atom is -0.366 e. The quantitative estimate of drug-likeness (QED) is 0.803. The van der Waals surface area contributed by atoms with Crippen molar-refractivity contribution in [1.29, 1.82) is 0 Å². The van der Waals surface area contributed by atoms with Gasteiger partial charge in [0.15, 0.2) is 0 Å². The lowest BCUT2D eigenvalue weighted by molar-refractivity contribution is 0.1000. The molecule has 5 heteroatoms. The third-order valence-electron chi connectivity index (χ3n) is 3.05. The molecule has 2 aromatic carbocycles. The van der Waals surface area contributed by atoms with Crippen LogP contribution in [0, 0.1) is 11.6 Å². The van der Waals surface area contributed by atoms with Gasteiger partial charge in [-0.15, -0.1) is 0 Å². The summed E-state index contributed by atoms with van der Waals surface area (Å²) < 4.78 is 26.0. The minimum atomic E-state index is -0.570. The van der Waals surface area contributed by atoms with Gasteiger partial charge in [-0.05, 0) is 48.4 Å². The highest BCUT2D eigenvalue weighted by Crippen LogP contribution is 2.08. The van der Waals surface area contributed by atoms with Crippen LogP contribution >= 0.6 is 0 Å². The Balaban J connectivity index is 1.84. The van der Waals surface area contributed by atoms with Crippen LogP contribution in [0.2, 0.25) is 0 Å². The Morgan fingerprint density at radius 2 is 1.76 bits per heavy atom. The van der Waals surface area contributed by atoms with Gasteiger partial charge in [0.05, 0.1) is 0 Å². The molecule has 0 spiro atoms. The smallest absolute Gasteiger partial charge is 0.248 e. The molecule has 2 rings (SSSR count). The van der Waals surface area contributed by atoms with E-state index in [0.717, 1.165) is 11.6 Å². The lowest BCUT2D eigenvalue weighted by Gasteiger charge is -2.06. The van der Waals surface area contributed by atoms with E-state index < -0.39 is 17.5 Å². The number of primary amides is 1. The topological polar surface area (TPSA) is 55.1 Å². The summed E-state index contributed by atoms with van der Waals surface area (Å²) in [5, 5.41) is 3.16. The van der Waals surface area contributed by atoms with Gasteiger partial charge in [-0.2, -0.15) is 0 Å². The maximum absolute atomic E-state index is 13.0. The minimum absolute atomic E-state index is 0.460. The van der Waals surface area contributed by atoms with Gasteiger partial charge in [-0.1, -0.05) is 12.1 Å². The number of hydrogen-bond acceptors (Lipinski definition) is 2. The number of rotatable bonds is 6. The predicted molar refractivity (Wildman–Crippen MR) is 76.7 cm³/mol. The van der Waals surface area contributed by atoms with Gasteiger partial charge < -0.3 is 11.1 Å². The summed E-state index contributed by atoms with van der Waals surface area (Å²) in [4.78, 5) is 11.1. The summed E-state index contributed by atoms with van der Waals surface area (Å²) in [5.41, 5.74) is 7.20. The van der Waals surface area contributed by atoms with E-state index in [1.165, 1.54) is 12.1 Å². The monoisotopic (exact) mass is 290 g/mol. The Kier molecular flexibility index (Phi) is 5.00. The van der Waals surface area contributed by atoms with Crippen LogP contribution in [0.5, 0.6) is 0 Å². The number of carbonyl (C=O) groups excluding carboxylic acids is 1. The fraction of sp³-hybridized carbons (Fsp3) is 0.188. The second-order valence-corrected chi connectivity index (χ2v) is 4.77. The van der Waals surface area contributed by atoms with Crippen LogP contribution in [-0.2, 0) is 13.0 Å². The van der Waals surface area contributed by atoms with Gasteiger partial charge >= 0.3 is 0 Å². The van der Waals surface area contributed by atoms with Crippen LogP contribution in [0.4, 0.5) is 8.78 Å². The second-order valence-electron chi connectivity index (χ2n) is 4.77. The molecule has 0 aliphatic rings. The van der Waals surface area contributed by atoms with E-state index in [1.54, 1.807) is 18.2 Å². The maximum atomic E-state index is 13.0. The van der Waals surface area contributed by atoms with E-state index in [-0.39, 0.29) is 0 Å². The van der Waals surface area contributed by atoms with Crippen molar-refractivity contribution in [2.24, 2.45) is 5.73 Å². The fourth-order valence-electron chi connectivity index (χ4n) is 2.06. The van der Waals surface area contributed by atoms with E-state index in [1.807, 2.05) is 6.07 Å². The average molecular weight is 290 g/mol. The van der Waals surface area contributed by atoms with E-state index in [0.29, 0.717) is 30.6 Å². The number of halogens is 2. The van der Waals surface area contributed by atoms with Gasteiger partial charge in [0, 0.05) is 18.2 Å². The van der Waals surface area contributed by atoms with Crippen LogP contribution in [0.1, 0.15) is 21.5 Å². The summed E-state index contributed by atoms with van der Waals surface area (Å²) in [6.45, 7) is 1.13. The Labute approximate surface area is 121 Å². The zero-order chi connectivity index (χ0) is 15.2. The van der Waals surface area contributed by atoms with Crippen molar-refractivity contribution in [1.82, 2.24) is 5.32 Å². The van der Waals surface area contributed by atoms with Crippen molar-refractivity contribution in [3.63, 3.8) is 0 Å². The Bertz CT molecular complexity index is 624. The molecule has 110 valence electrons. The zero-order valence-electron chi connectivity index (χ0n) is 11.4. The number of benzene rings is 2. The first-order valence-electron chi connectivity index (χ1n) is 6.59. The SMILES string of the molecule is NC(=O)c1cccc(CNCCc2cc(F)cc(F)c2)c1. The van der Waals surface area contributed by atoms with Gasteiger partial charge in [-0.25, -0.2) is 8.78 Å². The second kappa shape index (κ2) is 6.95. The third kappa shape index (κ3) is 4.65. The highest BCUT2D eigenvalue weighted by molar-refractivity contribution is 5.92. The molecule has 0 aliphatic carbocycles. The normalized spacial score (nSPS) is 10.6. The van der Waals surface area contributed by atoms with Crippen LogP contribution < -0.4 is 11.1 Å². The molecule has 0 atom stereocenters. The van der Waals surface area contributed by atoms with Crippen molar-refractivity contribution in [3.8, 4) is 0 Å². The molecule has 0 saturated heterocycles. The molecule has 0 aliphatic heterocycles. The first-order chi connectivity index (χ1) is 10.0. The van der Waals surface area contributed by atoms with Gasteiger partial charge in [-0.3, -0.25) is 4.79 Å². The molecule has 0 aromatic heterocycles. The van der Waals surface area contributed by atoms with Crippen LogP contribution in [0.3, 0.4) is 0 Å². The molecule has 3 nitrogen and oxygen atoms in total. The zero-order valence-corrected chi connectivity index (χ0v) is 11.4. The molecule has 0 unspecified atom stereocenters.